The summed E-state index contributed by atoms with van der Waals surface area (Å²) in [5.74, 6) is -0.361. The summed E-state index contributed by atoms with van der Waals surface area (Å²) < 4.78 is 0. The molecule has 2 N–H and O–H groups in total. The van der Waals surface area contributed by atoms with Crippen molar-refractivity contribution in [2.75, 3.05) is 44.8 Å². The average molecular weight is 657 g/mol. The number of anilines is 1. The Morgan fingerprint density at radius 1 is 1.02 bits per heavy atom. The first-order valence-corrected chi connectivity index (χ1v) is 16.6. The maximum absolute atomic E-state index is 14.2. The van der Waals surface area contributed by atoms with Crippen LogP contribution in [-0.4, -0.2) is 96.3 Å². The van der Waals surface area contributed by atoms with Crippen LogP contribution in [0.5, 0.6) is 0 Å². The fraction of sp³-hybridized carbons (Fsp3) is 0.389. The highest BCUT2D eigenvalue weighted by Gasteiger charge is 2.54. The zero-order valence-electron chi connectivity index (χ0n) is 26.6. The number of hydrogen-bond donors (Lipinski definition) is 2. The summed E-state index contributed by atoms with van der Waals surface area (Å²) in [4.78, 5) is 60.4. The Kier molecular flexibility index (Phi) is 9.79. The summed E-state index contributed by atoms with van der Waals surface area (Å²) >= 11 is 6.13. The van der Waals surface area contributed by atoms with Crippen molar-refractivity contribution in [3.63, 3.8) is 0 Å². The second-order valence-corrected chi connectivity index (χ2v) is 13.2. The van der Waals surface area contributed by atoms with Gasteiger partial charge in [-0.15, -0.1) is 0 Å². The third-order valence-electron chi connectivity index (χ3n) is 9.75. The van der Waals surface area contributed by atoms with Crippen LogP contribution in [0.2, 0.25) is 5.02 Å². The first-order chi connectivity index (χ1) is 22.8. The van der Waals surface area contributed by atoms with Crippen LogP contribution in [0.3, 0.4) is 0 Å². The number of halogens is 1. The number of carbonyl (C=O) groups excluding carboxylic acids is 4. The lowest BCUT2D eigenvalue weighted by Gasteiger charge is -2.44. The van der Waals surface area contributed by atoms with Crippen molar-refractivity contribution < 1.29 is 19.2 Å². The molecule has 6 rings (SSSR count). The number of benzene rings is 3. The van der Waals surface area contributed by atoms with Crippen LogP contribution in [0, 0.1) is 0 Å². The molecule has 0 aromatic heterocycles. The normalized spacial score (nSPS) is 19.3. The molecule has 2 fully saturated rings. The Morgan fingerprint density at radius 3 is 2.40 bits per heavy atom. The number of hydrogen-bond acceptors (Lipinski definition) is 6. The fourth-order valence-electron chi connectivity index (χ4n) is 6.99. The lowest BCUT2D eigenvalue weighted by molar-refractivity contribution is -0.141. The molecule has 47 heavy (non-hydrogen) atoms. The number of likely N-dealkylation sites (tertiary alicyclic amines) is 1. The van der Waals surface area contributed by atoms with E-state index in [9.17, 15) is 19.2 Å². The van der Waals surface area contributed by atoms with Gasteiger partial charge < -0.3 is 30.2 Å². The van der Waals surface area contributed by atoms with E-state index in [0.717, 1.165) is 23.2 Å². The van der Waals surface area contributed by atoms with Gasteiger partial charge in [-0.3, -0.25) is 19.2 Å². The average Bonchev–Trinajstić information content (AvgIpc) is 3.37. The van der Waals surface area contributed by atoms with Crippen LogP contribution < -0.4 is 15.5 Å². The highest BCUT2D eigenvalue weighted by molar-refractivity contribution is 6.30. The zero-order valence-corrected chi connectivity index (χ0v) is 27.4. The zero-order chi connectivity index (χ0) is 33.0. The van der Waals surface area contributed by atoms with Gasteiger partial charge in [0.25, 0.3) is 0 Å². The number of piperidine rings is 1. The molecule has 3 aromatic carbocycles. The van der Waals surface area contributed by atoms with Crippen LogP contribution in [0.1, 0.15) is 29.5 Å². The highest BCUT2D eigenvalue weighted by atomic mass is 35.5. The predicted molar refractivity (Wildman–Crippen MR) is 181 cm³/mol. The lowest BCUT2D eigenvalue weighted by atomic mass is 9.85. The molecule has 1 spiro atoms. The molecule has 4 amide bonds. The van der Waals surface area contributed by atoms with Crippen molar-refractivity contribution in [1.29, 1.82) is 0 Å². The minimum Gasteiger partial charge on any atom is -0.347 e. The van der Waals surface area contributed by atoms with Gasteiger partial charge in [-0.2, -0.15) is 0 Å². The molecule has 0 aliphatic carbocycles. The Balaban J connectivity index is 1.19. The van der Waals surface area contributed by atoms with E-state index < -0.39 is 17.6 Å². The van der Waals surface area contributed by atoms with Gasteiger partial charge in [0.1, 0.15) is 11.6 Å². The molecule has 3 aliphatic heterocycles. The summed E-state index contributed by atoms with van der Waals surface area (Å²) in [6, 6.07) is 24.0. The third-order valence-corrected chi connectivity index (χ3v) is 10.0. The smallest absolute Gasteiger partial charge is 0.250 e. The minimum absolute atomic E-state index is 0.0161. The summed E-state index contributed by atoms with van der Waals surface area (Å²) in [6.07, 6.45) is 2.54. The van der Waals surface area contributed by atoms with Gasteiger partial charge in [-0.25, -0.2) is 0 Å². The largest absolute Gasteiger partial charge is 0.347 e. The van der Waals surface area contributed by atoms with Gasteiger partial charge in [-0.1, -0.05) is 66.2 Å². The summed E-state index contributed by atoms with van der Waals surface area (Å²) in [6.45, 7) is 2.61. The summed E-state index contributed by atoms with van der Waals surface area (Å²) in [7, 11) is 1.70. The Labute approximate surface area is 280 Å². The van der Waals surface area contributed by atoms with E-state index in [1.165, 1.54) is 10.5 Å². The number of nitrogens with one attached hydrogen (secondary N) is 2. The maximum atomic E-state index is 14.2. The Hall–Kier alpha value is -4.41. The van der Waals surface area contributed by atoms with E-state index in [-0.39, 0.29) is 17.7 Å². The van der Waals surface area contributed by atoms with Crippen molar-refractivity contribution >= 4 is 41.4 Å². The molecule has 3 aliphatic rings. The quantitative estimate of drug-likeness (QED) is 0.326. The molecule has 0 radical (unpaired) electrons. The Morgan fingerprint density at radius 2 is 1.70 bits per heavy atom. The first kappa shape index (κ1) is 32.5. The highest BCUT2D eigenvalue weighted by Crippen LogP contribution is 2.39. The van der Waals surface area contributed by atoms with Crippen LogP contribution in [0.15, 0.2) is 78.9 Å². The van der Waals surface area contributed by atoms with E-state index in [2.05, 4.69) is 21.6 Å². The number of para-hydroxylation sites is 1. The van der Waals surface area contributed by atoms with Crippen LogP contribution in [-0.2, 0) is 38.6 Å². The predicted octanol–water partition coefficient (Wildman–Crippen LogP) is 2.84. The molecule has 2 saturated heterocycles. The second-order valence-electron chi connectivity index (χ2n) is 12.7. The number of fused-ring (bicyclic) bond motifs is 1. The molecular weight excluding hydrogens is 616 g/mol. The molecule has 10 nitrogen and oxygen atoms in total. The molecule has 3 heterocycles. The second kappa shape index (κ2) is 14.1. The topological polar surface area (TPSA) is 105 Å². The molecule has 3 aromatic rings. The van der Waals surface area contributed by atoms with Gasteiger partial charge in [0.05, 0.1) is 12.7 Å². The number of carbonyl (C=O) groups is 4. The van der Waals surface area contributed by atoms with Crippen LogP contribution in [0.25, 0.3) is 0 Å². The van der Waals surface area contributed by atoms with Crippen molar-refractivity contribution in [2.45, 2.75) is 49.9 Å². The molecule has 1 unspecified atom stereocenters. The molecular formula is C36H41ClN6O4. The standard InChI is InChI=1S/C36H41ClN6O4/c1-40(25-44)19-20-42-24-43(30-9-3-2-4-10-30)36(35(42)47)15-17-41(18-16-36)34(46)32(21-26-11-13-29(37)14-12-26)39-33(45)31-22-27-7-5-6-8-28(27)23-38-31/h2-14,25,31-32,38H,15-24H2,1H3,(H,39,45)/t31?,32-/m1/s1. The van der Waals surface area contributed by atoms with Crippen molar-refractivity contribution in [3.05, 3.63) is 101 Å². The van der Waals surface area contributed by atoms with Crippen molar-refractivity contribution in [3.8, 4) is 0 Å². The Bertz CT molecular complexity index is 1590. The van der Waals surface area contributed by atoms with E-state index in [1.807, 2.05) is 65.6 Å². The van der Waals surface area contributed by atoms with Gasteiger partial charge >= 0.3 is 0 Å². The first-order valence-electron chi connectivity index (χ1n) is 16.2. The van der Waals surface area contributed by atoms with E-state index in [0.29, 0.717) is 70.1 Å². The SMILES string of the molecule is CN(C=O)CCN1CN(c2ccccc2)C2(CCN(C(=O)[C@@H](Cc3ccc(Cl)cc3)NC(=O)C3Cc4ccccc4CN3)CC2)C1=O. The molecule has 0 bridgehead atoms. The van der Waals surface area contributed by atoms with Crippen molar-refractivity contribution in [1.82, 2.24) is 25.3 Å². The fourth-order valence-corrected chi connectivity index (χ4v) is 7.12. The van der Waals surface area contributed by atoms with E-state index in [1.54, 1.807) is 24.1 Å². The third kappa shape index (κ3) is 6.99. The lowest BCUT2D eigenvalue weighted by Crippen LogP contribution is -2.60. The molecule has 246 valence electrons. The molecule has 2 atom stereocenters. The summed E-state index contributed by atoms with van der Waals surface area (Å²) in [5, 5.41) is 7.01. The molecule has 0 saturated carbocycles. The van der Waals surface area contributed by atoms with Crippen LogP contribution in [0.4, 0.5) is 5.69 Å². The maximum Gasteiger partial charge on any atom is 0.250 e. The van der Waals surface area contributed by atoms with Crippen molar-refractivity contribution in [2.24, 2.45) is 0 Å². The van der Waals surface area contributed by atoms with Crippen LogP contribution >= 0.6 is 11.6 Å². The van der Waals surface area contributed by atoms with Gasteiger partial charge in [0.15, 0.2) is 0 Å². The van der Waals surface area contributed by atoms with Gasteiger partial charge in [0.2, 0.25) is 24.1 Å². The van der Waals surface area contributed by atoms with E-state index in [4.69, 9.17) is 11.6 Å². The number of nitrogens with zero attached hydrogens (tertiary/aromatic N) is 4. The van der Waals surface area contributed by atoms with E-state index >= 15 is 0 Å². The summed E-state index contributed by atoms with van der Waals surface area (Å²) in [5.41, 5.74) is 3.34. The minimum atomic E-state index is -0.799. The molecule has 11 heteroatoms. The van der Waals surface area contributed by atoms with Gasteiger partial charge in [0, 0.05) is 56.9 Å². The number of likely N-dealkylation sites (N-methyl/N-ethyl adjacent to an activating group) is 1. The number of amides is 4. The number of rotatable bonds is 10. The van der Waals surface area contributed by atoms with Gasteiger partial charge in [-0.05, 0) is 60.2 Å². The monoisotopic (exact) mass is 656 g/mol.